The van der Waals surface area contributed by atoms with Gasteiger partial charge in [-0.3, -0.25) is 15.2 Å². The predicted molar refractivity (Wildman–Crippen MR) is 137 cm³/mol. The summed E-state index contributed by atoms with van der Waals surface area (Å²) in [5.74, 6) is 0.0493. The molecule has 8 heteroatoms. The standard InChI is InChI=1S/C22H22N4OS2.BrH/c1-4-14-23-21(28)24-22-25-26(19-8-6-5-7-9-19)20(16(3)29-22)18-12-10-17(11-13-18)15(2)27;/h4-13H,1,14H2,2-3H3,(H2,23,24,25,28);1H. The van der Waals surface area contributed by atoms with Crippen LogP contribution in [0, 0.1) is 0 Å². The van der Waals surface area contributed by atoms with Crippen molar-refractivity contribution < 1.29 is 4.79 Å². The molecule has 0 atom stereocenters. The number of benzene rings is 2. The van der Waals surface area contributed by atoms with Gasteiger partial charge < -0.3 is 5.32 Å². The first-order valence-electron chi connectivity index (χ1n) is 9.09. The van der Waals surface area contributed by atoms with Crippen LogP contribution >= 0.6 is 41.0 Å². The third-order valence-electron chi connectivity index (χ3n) is 4.19. The number of para-hydroxylation sites is 1. The largest absolute Gasteiger partial charge is 0.357 e. The van der Waals surface area contributed by atoms with E-state index in [4.69, 9.17) is 12.2 Å². The van der Waals surface area contributed by atoms with Crippen LogP contribution in [0.1, 0.15) is 29.8 Å². The van der Waals surface area contributed by atoms with Gasteiger partial charge in [-0.1, -0.05) is 60.3 Å². The van der Waals surface area contributed by atoms with Crippen molar-refractivity contribution in [1.82, 2.24) is 10.7 Å². The molecule has 2 aromatic rings. The number of allylic oxidation sites excluding steroid dienone is 1. The van der Waals surface area contributed by atoms with E-state index in [-0.39, 0.29) is 22.8 Å². The Morgan fingerprint density at radius 1 is 1.23 bits per heavy atom. The quantitative estimate of drug-likeness (QED) is 0.327. The summed E-state index contributed by atoms with van der Waals surface area (Å²) >= 11 is 6.81. The second-order valence-corrected chi connectivity index (χ2v) is 7.90. The number of anilines is 1. The fourth-order valence-corrected chi connectivity index (χ4v) is 3.93. The number of hydrogen-bond donors (Lipinski definition) is 2. The van der Waals surface area contributed by atoms with Crippen LogP contribution in [0.25, 0.3) is 5.70 Å². The van der Waals surface area contributed by atoms with Gasteiger partial charge in [0, 0.05) is 22.6 Å². The van der Waals surface area contributed by atoms with Crippen molar-refractivity contribution >= 4 is 68.4 Å². The first kappa shape index (κ1) is 23.9. The lowest BCUT2D eigenvalue weighted by Crippen LogP contribution is -2.43. The number of ketones is 1. The average Bonchev–Trinajstić information content (AvgIpc) is 2.72. The number of carbonyl (C=O) groups is 1. The highest BCUT2D eigenvalue weighted by Gasteiger charge is 2.25. The van der Waals surface area contributed by atoms with Gasteiger partial charge in [0.05, 0.1) is 11.4 Å². The van der Waals surface area contributed by atoms with Gasteiger partial charge in [0.25, 0.3) is 0 Å². The molecule has 30 heavy (non-hydrogen) atoms. The van der Waals surface area contributed by atoms with Gasteiger partial charge in [0.1, 0.15) is 0 Å². The third-order valence-corrected chi connectivity index (χ3v) is 5.31. The first-order chi connectivity index (χ1) is 14.0. The van der Waals surface area contributed by atoms with Crippen molar-refractivity contribution in [2.45, 2.75) is 13.8 Å². The van der Waals surface area contributed by atoms with E-state index in [1.165, 1.54) is 11.8 Å². The van der Waals surface area contributed by atoms with E-state index in [1.54, 1.807) is 13.0 Å². The first-order valence-corrected chi connectivity index (χ1v) is 10.3. The summed E-state index contributed by atoms with van der Waals surface area (Å²) in [5.41, 5.74) is 7.02. The van der Waals surface area contributed by atoms with E-state index in [9.17, 15) is 4.79 Å². The fraction of sp³-hybridized carbons (Fsp3) is 0.136. The molecule has 1 heterocycles. The molecule has 2 aromatic carbocycles. The van der Waals surface area contributed by atoms with Crippen LogP contribution in [0.2, 0.25) is 0 Å². The summed E-state index contributed by atoms with van der Waals surface area (Å²) in [4.78, 5) is 17.2. The van der Waals surface area contributed by atoms with Crippen molar-refractivity contribution in [3.63, 3.8) is 0 Å². The van der Waals surface area contributed by atoms with Gasteiger partial charge in [-0.05, 0) is 38.2 Å². The van der Waals surface area contributed by atoms with Crippen molar-refractivity contribution in [3.8, 4) is 0 Å². The molecule has 0 unspecified atom stereocenters. The van der Waals surface area contributed by atoms with Gasteiger partial charge in [-0.25, -0.2) is 0 Å². The molecule has 0 saturated carbocycles. The Morgan fingerprint density at radius 3 is 2.50 bits per heavy atom. The molecule has 0 saturated heterocycles. The second-order valence-electron chi connectivity index (χ2n) is 6.31. The molecular weight excluding hydrogens is 480 g/mol. The van der Waals surface area contributed by atoms with Crippen LogP contribution in [0.3, 0.4) is 0 Å². The summed E-state index contributed by atoms with van der Waals surface area (Å²) in [6, 6.07) is 17.6. The molecule has 0 spiro atoms. The Labute approximate surface area is 197 Å². The smallest absolute Gasteiger partial charge is 0.195 e. The Bertz CT molecular complexity index is 988. The minimum atomic E-state index is 0. The number of amidine groups is 1. The lowest BCUT2D eigenvalue weighted by atomic mass is 10.1. The molecule has 0 bridgehead atoms. The molecular formula is C22H23BrN4OS2. The Balaban J connectivity index is 0.00000320. The summed E-state index contributed by atoms with van der Waals surface area (Å²) in [5, 5.41) is 6.08. The number of hydrazine groups is 1. The maximum atomic E-state index is 11.6. The predicted octanol–water partition coefficient (Wildman–Crippen LogP) is 5.33. The van der Waals surface area contributed by atoms with Gasteiger partial charge >= 0.3 is 0 Å². The van der Waals surface area contributed by atoms with Crippen LogP contribution in [0.5, 0.6) is 0 Å². The molecule has 5 nitrogen and oxygen atoms in total. The summed E-state index contributed by atoms with van der Waals surface area (Å²) < 4.78 is 0. The Kier molecular flexibility index (Phi) is 8.83. The fourth-order valence-electron chi connectivity index (χ4n) is 2.83. The van der Waals surface area contributed by atoms with Crippen LogP contribution in [-0.2, 0) is 0 Å². The molecule has 1 aliphatic rings. The lowest BCUT2D eigenvalue weighted by Gasteiger charge is -2.34. The van der Waals surface area contributed by atoms with E-state index in [1.807, 2.05) is 66.5 Å². The van der Waals surface area contributed by atoms with Crippen LogP contribution < -0.4 is 15.8 Å². The molecule has 2 N–H and O–H groups in total. The number of carbonyl (C=O) groups excluding carboxylic acids is 1. The lowest BCUT2D eigenvalue weighted by molar-refractivity contribution is 0.101. The number of nitrogens with one attached hydrogen (secondary N) is 2. The van der Waals surface area contributed by atoms with Crippen molar-refractivity contribution in [1.29, 1.82) is 0 Å². The van der Waals surface area contributed by atoms with Gasteiger partial charge in [-0.2, -0.15) is 4.99 Å². The molecule has 0 radical (unpaired) electrons. The van der Waals surface area contributed by atoms with Crippen molar-refractivity contribution in [2.75, 3.05) is 11.6 Å². The summed E-state index contributed by atoms with van der Waals surface area (Å²) in [6.07, 6.45) is 1.73. The zero-order valence-electron chi connectivity index (χ0n) is 16.7. The zero-order chi connectivity index (χ0) is 20.8. The Morgan fingerprint density at radius 2 is 1.90 bits per heavy atom. The minimum absolute atomic E-state index is 0. The van der Waals surface area contributed by atoms with Crippen LogP contribution in [-0.4, -0.2) is 22.6 Å². The molecule has 1 aliphatic heterocycles. The highest BCUT2D eigenvalue weighted by atomic mass is 79.9. The van der Waals surface area contributed by atoms with E-state index in [2.05, 4.69) is 22.3 Å². The summed E-state index contributed by atoms with van der Waals surface area (Å²) in [7, 11) is 0. The maximum absolute atomic E-state index is 11.6. The molecule has 0 aromatic heterocycles. The van der Waals surface area contributed by atoms with E-state index in [0.717, 1.165) is 21.9 Å². The number of hydrogen-bond acceptors (Lipinski definition) is 4. The Hall–Kier alpha value is -2.42. The van der Waals surface area contributed by atoms with E-state index < -0.39 is 0 Å². The highest BCUT2D eigenvalue weighted by Crippen LogP contribution is 2.36. The number of nitrogens with zero attached hydrogens (tertiary/aromatic N) is 2. The average molecular weight is 503 g/mol. The van der Waals surface area contributed by atoms with Gasteiger partial charge in [0.2, 0.25) is 0 Å². The minimum Gasteiger partial charge on any atom is -0.357 e. The second kappa shape index (κ2) is 11.1. The van der Waals surface area contributed by atoms with E-state index in [0.29, 0.717) is 22.4 Å². The SMILES string of the molecule is Br.C=CCNC(=S)/N=C1/NN(c2ccccc2)C(c2ccc(C(C)=O)cc2)=C(C)S1. The topological polar surface area (TPSA) is 56.7 Å². The number of halogens is 1. The molecule has 156 valence electrons. The van der Waals surface area contributed by atoms with Crippen LogP contribution in [0.15, 0.2) is 77.1 Å². The third kappa shape index (κ3) is 5.81. The molecule has 0 aliphatic carbocycles. The molecule has 0 amide bonds. The highest BCUT2D eigenvalue weighted by molar-refractivity contribution is 8.93. The molecule has 0 fully saturated rings. The van der Waals surface area contributed by atoms with Crippen molar-refractivity contribution in [2.24, 2.45) is 4.99 Å². The number of thiocarbonyl (C=S) groups is 1. The number of aliphatic imine (C=N–C) groups is 1. The zero-order valence-corrected chi connectivity index (χ0v) is 20.1. The molecule has 3 rings (SSSR count). The maximum Gasteiger partial charge on any atom is 0.195 e. The van der Waals surface area contributed by atoms with E-state index >= 15 is 0 Å². The number of Topliss-reactive ketones (excluding diaryl/α,β-unsaturated/α-hetero) is 1. The number of thioether (sulfide) groups is 1. The van der Waals surface area contributed by atoms with Gasteiger partial charge in [0.15, 0.2) is 16.1 Å². The normalized spacial score (nSPS) is 14.6. The monoisotopic (exact) mass is 502 g/mol. The van der Waals surface area contributed by atoms with Crippen molar-refractivity contribution in [3.05, 3.63) is 83.3 Å². The van der Waals surface area contributed by atoms with Crippen LogP contribution in [0.4, 0.5) is 5.69 Å². The summed E-state index contributed by atoms with van der Waals surface area (Å²) in [6.45, 7) is 7.85. The number of rotatable bonds is 5. The van der Waals surface area contributed by atoms with Gasteiger partial charge in [-0.15, -0.1) is 23.6 Å².